The van der Waals surface area contributed by atoms with E-state index in [1.54, 1.807) is 6.33 Å². The van der Waals surface area contributed by atoms with Gasteiger partial charge >= 0.3 is 0 Å². The molecule has 24 heavy (non-hydrogen) atoms. The van der Waals surface area contributed by atoms with Gasteiger partial charge in [0.1, 0.15) is 17.8 Å². The van der Waals surface area contributed by atoms with Crippen LogP contribution in [-0.4, -0.2) is 52.6 Å². The first kappa shape index (κ1) is 14.9. The molecule has 0 unspecified atom stereocenters. The van der Waals surface area contributed by atoms with E-state index >= 15 is 0 Å². The Morgan fingerprint density at radius 1 is 1.00 bits per heavy atom. The van der Waals surface area contributed by atoms with Gasteiger partial charge in [-0.3, -0.25) is 4.90 Å². The second-order valence-electron chi connectivity index (χ2n) is 6.04. The predicted octanol–water partition coefficient (Wildman–Crippen LogP) is 2.79. The number of anilines is 1. The van der Waals surface area contributed by atoms with E-state index in [2.05, 4.69) is 67.2 Å². The van der Waals surface area contributed by atoms with E-state index < -0.39 is 0 Å². The number of hydrogen-bond acceptors (Lipinski definition) is 4. The molecule has 1 N–H and O–H groups in total. The highest BCUT2D eigenvalue weighted by Crippen LogP contribution is 2.22. The fourth-order valence-electron chi connectivity index (χ4n) is 3.15. The van der Waals surface area contributed by atoms with Crippen LogP contribution in [0.1, 0.15) is 5.56 Å². The van der Waals surface area contributed by atoms with Gasteiger partial charge in [-0.15, -0.1) is 0 Å². The smallest absolute Gasteiger partial charge is 0.142 e. The van der Waals surface area contributed by atoms with E-state index in [1.807, 2.05) is 12.3 Å². The summed E-state index contributed by atoms with van der Waals surface area (Å²) in [6.45, 7) is 5.09. The number of aromatic amines is 1. The maximum atomic E-state index is 4.49. The lowest BCUT2D eigenvalue weighted by Crippen LogP contribution is -2.46. The predicted molar refractivity (Wildman–Crippen MR) is 98.0 cm³/mol. The molecule has 0 spiro atoms. The number of nitrogens with one attached hydrogen (secondary N) is 1. The van der Waals surface area contributed by atoms with E-state index in [4.69, 9.17) is 0 Å². The number of nitrogens with zero attached hydrogens (tertiary/aromatic N) is 4. The van der Waals surface area contributed by atoms with Crippen molar-refractivity contribution in [1.82, 2.24) is 19.9 Å². The number of benzene rings is 1. The van der Waals surface area contributed by atoms with Crippen molar-refractivity contribution in [3.8, 4) is 0 Å². The van der Waals surface area contributed by atoms with Gasteiger partial charge in [-0.05, 0) is 11.6 Å². The van der Waals surface area contributed by atoms with Crippen LogP contribution in [-0.2, 0) is 0 Å². The molecule has 2 aromatic heterocycles. The van der Waals surface area contributed by atoms with Gasteiger partial charge < -0.3 is 9.88 Å². The highest BCUT2D eigenvalue weighted by molar-refractivity contribution is 5.87. The Balaban J connectivity index is 1.35. The van der Waals surface area contributed by atoms with Crippen molar-refractivity contribution in [3.05, 3.63) is 60.6 Å². The van der Waals surface area contributed by atoms with Gasteiger partial charge in [-0.1, -0.05) is 42.5 Å². The topological polar surface area (TPSA) is 48.1 Å². The highest BCUT2D eigenvalue weighted by Gasteiger charge is 2.19. The first-order valence-electron chi connectivity index (χ1n) is 8.37. The maximum absolute atomic E-state index is 4.49. The van der Waals surface area contributed by atoms with Crippen molar-refractivity contribution in [1.29, 1.82) is 0 Å². The third kappa shape index (κ3) is 3.16. The van der Waals surface area contributed by atoms with Crippen LogP contribution in [0.25, 0.3) is 17.1 Å². The van der Waals surface area contributed by atoms with Crippen molar-refractivity contribution < 1.29 is 0 Å². The minimum absolute atomic E-state index is 0.910. The van der Waals surface area contributed by atoms with Gasteiger partial charge in [0, 0.05) is 38.9 Å². The minimum atomic E-state index is 0.910. The summed E-state index contributed by atoms with van der Waals surface area (Å²) in [6.07, 6.45) is 8.01. The number of fused-ring (bicyclic) bond motifs is 1. The Morgan fingerprint density at radius 3 is 2.67 bits per heavy atom. The molecule has 0 radical (unpaired) electrons. The maximum Gasteiger partial charge on any atom is 0.142 e. The van der Waals surface area contributed by atoms with E-state index in [1.165, 1.54) is 5.56 Å². The van der Waals surface area contributed by atoms with Gasteiger partial charge in [0.15, 0.2) is 0 Å². The van der Waals surface area contributed by atoms with Crippen molar-refractivity contribution >= 4 is 22.9 Å². The molecule has 122 valence electrons. The lowest BCUT2D eigenvalue weighted by molar-refractivity contribution is 0.284. The average molecular weight is 319 g/mol. The van der Waals surface area contributed by atoms with Crippen LogP contribution in [0.3, 0.4) is 0 Å². The Hall–Kier alpha value is -2.66. The molecule has 3 aromatic rings. The zero-order chi connectivity index (χ0) is 16.2. The molecule has 1 aromatic carbocycles. The van der Waals surface area contributed by atoms with Crippen LogP contribution in [0, 0.1) is 0 Å². The molecule has 0 bridgehead atoms. The first-order valence-corrected chi connectivity index (χ1v) is 8.37. The van der Waals surface area contributed by atoms with Crippen molar-refractivity contribution in [2.45, 2.75) is 0 Å². The van der Waals surface area contributed by atoms with Crippen LogP contribution in [0.2, 0.25) is 0 Å². The number of aromatic nitrogens is 3. The third-order valence-corrected chi connectivity index (χ3v) is 4.48. The van der Waals surface area contributed by atoms with Crippen molar-refractivity contribution in [3.63, 3.8) is 0 Å². The third-order valence-electron chi connectivity index (χ3n) is 4.48. The Bertz CT molecular complexity index is 816. The SMILES string of the molecule is C(=C\c1ccccc1)/CN1CCN(c2ncnc3[nH]ccc23)CC1. The standard InChI is InChI=1S/C19H21N5/c1-2-5-16(6-3-1)7-4-10-23-11-13-24(14-12-23)19-17-8-9-20-18(17)21-15-22-19/h1-9,15H,10-14H2,(H,20,21,22)/b7-4+. The van der Waals surface area contributed by atoms with Crippen LogP contribution in [0.5, 0.6) is 0 Å². The molecule has 0 amide bonds. The zero-order valence-corrected chi connectivity index (χ0v) is 13.6. The second-order valence-corrected chi connectivity index (χ2v) is 6.04. The molecule has 5 nitrogen and oxygen atoms in total. The zero-order valence-electron chi connectivity index (χ0n) is 13.6. The molecular weight excluding hydrogens is 298 g/mol. The van der Waals surface area contributed by atoms with Gasteiger partial charge in [-0.25, -0.2) is 9.97 Å². The number of piperazine rings is 1. The van der Waals surface area contributed by atoms with Gasteiger partial charge in [0.25, 0.3) is 0 Å². The minimum Gasteiger partial charge on any atom is -0.353 e. The van der Waals surface area contributed by atoms with Gasteiger partial charge in [0.05, 0.1) is 5.39 Å². The lowest BCUT2D eigenvalue weighted by Gasteiger charge is -2.35. The summed E-state index contributed by atoms with van der Waals surface area (Å²) in [6, 6.07) is 12.5. The molecule has 1 saturated heterocycles. The molecule has 4 rings (SSSR count). The monoisotopic (exact) mass is 319 g/mol. The van der Waals surface area contributed by atoms with Crippen LogP contribution in [0.4, 0.5) is 5.82 Å². The molecule has 0 atom stereocenters. The fourth-order valence-corrected chi connectivity index (χ4v) is 3.15. The lowest BCUT2D eigenvalue weighted by atomic mass is 10.2. The summed E-state index contributed by atoms with van der Waals surface area (Å²) in [5.74, 6) is 1.04. The number of hydrogen-bond donors (Lipinski definition) is 1. The van der Waals surface area contributed by atoms with Gasteiger partial charge in [-0.2, -0.15) is 0 Å². The summed E-state index contributed by atoms with van der Waals surface area (Å²) in [5.41, 5.74) is 2.17. The van der Waals surface area contributed by atoms with Gasteiger partial charge in [0.2, 0.25) is 0 Å². The molecule has 0 aliphatic carbocycles. The largest absolute Gasteiger partial charge is 0.353 e. The summed E-state index contributed by atoms with van der Waals surface area (Å²) < 4.78 is 0. The molecular formula is C19H21N5. The first-order chi connectivity index (χ1) is 11.9. The average Bonchev–Trinajstić information content (AvgIpc) is 3.12. The number of H-pyrrole nitrogens is 1. The molecule has 3 heterocycles. The summed E-state index contributed by atoms with van der Waals surface area (Å²) in [4.78, 5) is 16.7. The van der Waals surface area contributed by atoms with E-state index in [0.29, 0.717) is 0 Å². The molecule has 0 saturated carbocycles. The van der Waals surface area contributed by atoms with E-state index in [-0.39, 0.29) is 0 Å². The summed E-state index contributed by atoms with van der Waals surface area (Å²) >= 11 is 0. The molecule has 1 aliphatic rings. The van der Waals surface area contributed by atoms with Crippen molar-refractivity contribution in [2.75, 3.05) is 37.6 Å². The fraction of sp³-hybridized carbons (Fsp3) is 0.263. The molecule has 1 fully saturated rings. The van der Waals surface area contributed by atoms with Crippen LogP contribution < -0.4 is 4.90 Å². The van der Waals surface area contributed by atoms with Crippen LogP contribution >= 0.6 is 0 Å². The Labute approximate surface area is 141 Å². The van der Waals surface area contributed by atoms with Crippen LogP contribution in [0.15, 0.2) is 55.0 Å². The molecule has 5 heteroatoms. The normalized spacial score (nSPS) is 16.2. The van der Waals surface area contributed by atoms with E-state index in [0.717, 1.165) is 49.6 Å². The Kier molecular flexibility index (Phi) is 4.25. The highest BCUT2D eigenvalue weighted by atomic mass is 15.3. The van der Waals surface area contributed by atoms with Crippen molar-refractivity contribution in [2.24, 2.45) is 0 Å². The second kappa shape index (κ2) is 6.84. The molecule has 1 aliphatic heterocycles. The van der Waals surface area contributed by atoms with E-state index in [9.17, 15) is 0 Å². The summed E-state index contributed by atoms with van der Waals surface area (Å²) in [5, 5.41) is 1.11. The number of rotatable bonds is 4. The summed E-state index contributed by atoms with van der Waals surface area (Å²) in [7, 11) is 0. The Morgan fingerprint density at radius 2 is 1.83 bits per heavy atom. The quantitative estimate of drug-likeness (QED) is 0.803.